The first-order chi connectivity index (χ1) is 18.8. The minimum Gasteiger partial charge on any atom is -0.506 e. The number of carbonyl (C=O) groups is 3. The van der Waals surface area contributed by atoms with Crippen LogP contribution in [0.25, 0.3) is 0 Å². The van der Waals surface area contributed by atoms with E-state index in [1.807, 2.05) is 6.92 Å². The van der Waals surface area contributed by atoms with Crippen LogP contribution in [-0.4, -0.2) is 82.3 Å². The van der Waals surface area contributed by atoms with Crippen LogP contribution in [0.4, 0.5) is 0 Å². The second-order valence-electron chi connectivity index (χ2n) is 10.1. The third-order valence-corrected chi connectivity index (χ3v) is 7.22. The Kier molecular flexibility index (Phi) is 15.4. The molecule has 0 saturated carbocycles. The molecule has 0 unspecified atom stereocenters. The van der Waals surface area contributed by atoms with E-state index < -0.39 is 48.3 Å². The summed E-state index contributed by atoms with van der Waals surface area (Å²) in [5.41, 5.74) is 0.694. The Bertz CT molecular complexity index is 1020. The summed E-state index contributed by atoms with van der Waals surface area (Å²) in [6.45, 7) is 8.78. The minimum absolute atomic E-state index is 0.0252. The predicted molar refractivity (Wildman–Crippen MR) is 151 cm³/mol. The number of aliphatic carboxylic acids is 1. The normalized spacial score (nSPS) is 17.3. The Hall–Kier alpha value is -2.50. The lowest BCUT2D eigenvalue weighted by atomic mass is 9.85. The molecule has 0 aromatic heterocycles. The lowest BCUT2D eigenvalue weighted by Crippen LogP contribution is -2.53. The van der Waals surface area contributed by atoms with Crippen molar-refractivity contribution in [3.8, 4) is 5.75 Å². The van der Waals surface area contributed by atoms with Gasteiger partial charge in [-0.1, -0.05) is 51.3 Å². The van der Waals surface area contributed by atoms with Gasteiger partial charge in [0.1, 0.15) is 24.0 Å². The van der Waals surface area contributed by atoms with E-state index in [-0.39, 0.29) is 41.1 Å². The third kappa shape index (κ3) is 10.5. The first-order valence-corrected chi connectivity index (χ1v) is 13.9. The maximum absolute atomic E-state index is 13.1. The van der Waals surface area contributed by atoms with Gasteiger partial charge in [-0.2, -0.15) is 0 Å². The van der Waals surface area contributed by atoms with Crippen molar-refractivity contribution in [2.45, 2.75) is 90.8 Å². The van der Waals surface area contributed by atoms with Crippen LogP contribution < -0.4 is 5.32 Å². The first kappa shape index (κ1) is 35.5. The zero-order valence-corrected chi connectivity index (χ0v) is 24.9. The van der Waals surface area contributed by atoms with Gasteiger partial charge in [0.05, 0.1) is 11.1 Å². The average molecular weight is 586 g/mol. The van der Waals surface area contributed by atoms with E-state index in [2.05, 4.69) is 12.2 Å². The van der Waals surface area contributed by atoms with E-state index in [1.165, 1.54) is 31.4 Å². The molecular weight excluding hydrogens is 542 g/mol. The molecule has 10 nitrogen and oxygen atoms in total. The number of rotatable bonds is 18. The summed E-state index contributed by atoms with van der Waals surface area (Å²) in [5.74, 6) is -3.45. The number of carbonyl (C=O) groups excluding carboxylic acids is 2. The van der Waals surface area contributed by atoms with Crippen molar-refractivity contribution in [1.82, 2.24) is 5.32 Å². The second kappa shape index (κ2) is 17.3. The minimum atomic E-state index is -1.59. The van der Waals surface area contributed by atoms with Crippen LogP contribution in [-0.2, 0) is 30.3 Å². The fourth-order valence-electron chi connectivity index (χ4n) is 4.39. The third-order valence-electron chi connectivity index (χ3n) is 6.91. The van der Waals surface area contributed by atoms with E-state index in [9.17, 15) is 34.8 Å². The van der Waals surface area contributed by atoms with Crippen LogP contribution in [0, 0.1) is 11.8 Å². The Balaban J connectivity index is 3.07. The summed E-state index contributed by atoms with van der Waals surface area (Å²) in [4.78, 5) is 38.0. The van der Waals surface area contributed by atoms with E-state index in [1.54, 1.807) is 20.8 Å². The number of phenols is 1. The number of hydrogen-bond donors (Lipinski definition) is 5. The second-order valence-corrected chi connectivity index (χ2v) is 10.5. The molecule has 5 N–H and O–H groups in total. The standard InChI is InChI=1S/C29H44ClNO9/c1-7-9-10-16(3)24(33)18(5)25(34)17(4)13-23(39-6)26(35)27(40-8-2)28(36)31-21(29(37)38)15-19-11-12-22(32)20(30)14-19/h11-14,16,18,21,23-24,26-27,32-33,35H,7-10,15H2,1-6H3,(H,31,36)(H,37,38)/b17-13+/t16-,18+,21-,23-,24+,26-,27-/m1/s1. The van der Waals surface area contributed by atoms with Crippen LogP contribution in [0.3, 0.4) is 0 Å². The molecule has 0 fully saturated rings. The molecule has 40 heavy (non-hydrogen) atoms. The summed E-state index contributed by atoms with van der Waals surface area (Å²) in [6, 6.07) is 2.80. The summed E-state index contributed by atoms with van der Waals surface area (Å²) in [6.07, 6.45) is -1.14. The van der Waals surface area contributed by atoms with Crippen molar-refractivity contribution in [2.75, 3.05) is 13.7 Å². The van der Waals surface area contributed by atoms with Crippen LogP contribution in [0.15, 0.2) is 29.8 Å². The van der Waals surface area contributed by atoms with Crippen molar-refractivity contribution in [2.24, 2.45) is 11.8 Å². The SMILES string of the molecule is CCCC[C@@H](C)[C@H](O)[C@H](C)C(=O)/C(C)=C/[C@@H](OC)[C@@H](O)[C@@H](OCC)C(=O)N[C@H](Cc1ccc(O)c(Cl)c1)C(=O)O. The number of unbranched alkanes of at least 4 members (excludes halogenated alkanes) is 1. The van der Waals surface area contributed by atoms with Crippen molar-refractivity contribution >= 4 is 29.3 Å². The van der Waals surface area contributed by atoms with Crippen LogP contribution in [0.1, 0.15) is 59.4 Å². The maximum Gasteiger partial charge on any atom is 0.326 e. The number of aliphatic hydroxyl groups excluding tert-OH is 2. The number of methoxy groups -OCH3 is 1. The topological polar surface area (TPSA) is 163 Å². The van der Waals surface area contributed by atoms with Crippen molar-refractivity contribution in [3.63, 3.8) is 0 Å². The summed E-state index contributed by atoms with van der Waals surface area (Å²) in [5, 5.41) is 43.4. The average Bonchev–Trinajstić information content (AvgIpc) is 2.92. The van der Waals surface area contributed by atoms with Gasteiger partial charge in [0, 0.05) is 26.1 Å². The fourth-order valence-corrected chi connectivity index (χ4v) is 4.59. The lowest BCUT2D eigenvalue weighted by Gasteiger charge is -2.28. The van der Waals surface area contributed by atoms with Gasteiger partial charge in [0.25, 0.3) is 5.91 Å². The van der Waals surface area contributed by atoms with Crippen molar-refractivity contribution in [3.05, 3.63) is 40.4 Å². The van der Waals surface area contributed by atoms with E-state index in [0.717, 1.165) is 19.3 Å². The van der Waals surface area contributed by atoms with Gasteiger partial charge in [-0.25, -0.2) is 4.79 Å². The number of nitrogens with one attached hydrogen (secondary N) is 1. The zero-order valence-electron chi connectivity index (χ0n) is 24.1. The van der Waals surface area contributed by atoms with E-state index in [4.69, 9.17) is 21.1 Å². The molecule has 1 aromatic carbocycles. The van der Waals surface area contributed by atoms with Crippen molar-refractivity contribution < 1.29 is 44.3 Å². The van der Waals surface area contributed by atoms with Gasteiger partial charge in [-0.05, 0) is 55.5 Å². The number of amides is 1. The van der Waals surface area contributed by atoms with Gasteiger partial charge in [-0.15, -0.1) is 0 Å². The summed E-state index contributed by atoms with van der Waals surface area (Å²) in [7, 11) is 1.29. The highest BCUT2D eigenvalue weighted by Gasteiger charge is 2.36. The molecule has 0 aliphatic rings. The van der Waals surface area contributed by atoms with E-state index in [0.29, 0.717) is 5.56 Å². The van der Waals surface area contributed by atoms with Crippen LogP contribution in [0.5, 0.6) is 5.75 Å². The molecule has 11 heteroatoms. The molecule has 226 valence electrons. The highest BCUT2D eigenvalue weighted by Crippen LogP contribution is 2.25. The van der Waals surface area contributed by atoms with Gasteiger partial charge < -0.3 is 35.2 Å². The quantitative estimate of drug-likeness (QED) is 0.163. The number of Topliss-reactive ketones (excluding diaryl/α,β-unsaturated/α-hetero) is 1. The summed E-state index contributed by atoms with van der Waals surface area (Å²) >= 11 is 5.91. The number of aliphatic hydroxyl groups is 2. The molecular formula is C29H44ClNO9. The van der Waals surface area contributed by atoms with E-state index >= 15 is 0 Å². The van der Waals surface area contributed by atoms with Gasteiger partial charge >= 0.3 is 5.97 Å². The number of carboxylic acids is 1. The number of hydrogen-bond acceptors (Lipinski definition) is 8. The Morgan fingerprint density at radius 1 is 1.12 bits per heavy atom. The van der Waals surface area contributed by atoms with Gasteiger partial charge in [0.2, 0.25) is 0 Å². The molecule has 0 radical (unpaired) electrons. The summed E-state index contributed by atoms with van der Waals surface area (Å²) < 4.78 is 10.8. The molecule has 0 spiro atoms. The number of benzene rings is 1. The monoisotopic (exact) mass is 585 g/mol. The number of aromatic hydroxyl groups is 1. The molecule has 7 atom stereocenters. The fraction of sp³-hybridized carbons (Fsp3) is 0.621. The van der Waals surface area contributed by atoms with Crippen LogP contribution in [0.2, 0.25) is 5.02 Å². The molecule has 0 saturated heterocycles. The van der Waals surface area contributed by atoms with Gasteiger partial charge in [0.15, 0.2) is 11.9 Å². The molecule has 1 aromatic rings. The van der Waals surface area contributed by atoms with Gasteiger partial charge in [-0.3, -0.25) is 9.59 Å². The maximum atomic E-state index is 13.1. The number of phenolic OH excluding ortho intramolecular Hbond substituents is 1. The Labute approximate surface area is 241 Å². The molecule has 0 aliphatic carbocycles. The number of ether oxygens (including phenoxy) is 2. The zero-order chi connectivity index (χ0) is 30.6. The Morgan fingerprint density at radius 3 is 2.30 bits per heavy atom. The first-order valence-electron chi connectivity index (χ1n) is 13.5. The smallest absolute Gasteiger partial charge is 0.326 e. The highest BCUT2D eigenvalue weighted by molar-refractivity contribution is 6.32. The number of carboxylic acid groups (broad SMARTS) is 1. The largest absolute Gasteiger partial charge is 0.506 e. The van der Waals surface area contributed by atoms with Crippen molar-refractivity contribution in [1.29, 1.82) is 0 Å². The number of halogens is 1. The number of ketones is 1. The molecule has 0 heterocycles. The molecule has 1 amide bonds. The lowest BCUT2D eigenvalue weighted by molar-refractivity contribution is -0.151. The van der Waals surface area contributed by atoms with Crippen LogP contribution >= 0.6 is 11.6 Å². The molecule has 0 aliphatic heterocycles. The predicted octanol–water partition coefficient (Wildman–Crippen LogP) is 3.28. The highest BCUT2D eigenvalue weighted by atomic mass is 35.5. The Morgan fingerprint density at radius 2 is 1.77 bits per heavy atom. The number of allylic oxidation sites excluding steroid dienone is 1. The molecule has 0 bridgehead atoms. The molecule has 1 rings (SSSR count).